The maximum atomic E-state index is 13.4. The van der Waals surface area contributed by atoms with Crippen molar-refractivity contribution in [3.63, 3.8) is 0 Å². The Hall–Kier alpha value is -2.93. The van der Waals surface area contributed by atoms with Crippen molar-refractivity contribution in [2.75, 3.05) is 13.6 Å². The number of rotatable bonds is 6. The molecular weight excluding hydrogens is 392 g/mol. The second kappa shape index (κ2) is 7.34. The average molecular weight is 421 g/mol. The molecule has 4 atom stereocenters. The zero-order valence-corrected chi connectivity index (χ0v) is 18.2. The normalized spacial score (nSPS) is 28.4. The van der Waals surface area contributed by atoms with E-state index in [1.807, 2.05) is 60.0 Å². The van der Waals surface area contributed by atoms with Crippen LogP contribution in [0.1, 0.15) is 23.6 Å². The Bertz CT molecular complexity index is 1060. The molecule has 7 heteroatoms. The number of carbonyl (C=O) groups is 2. The average Bonchev–Trinajstić information content (AvgIpc) is 3.49. The molecule has 162 valence electrons. The summed E-state index contributed by atoms with van der Waals surface area (Å²) in [7, 11) is 1.79. The van der Waals surface area contributed by atoms with E-state index in [-0.39, 0.29) is 17.9 Å². The number of hydrogen-bond donors (Lipinski definition) is 0. The maximum absolute atomic E-state index is 13.4. The van der Waals surface area contributed by atoms with Gasteiger partial charge in [0.15, 0.2) is 0 Å². The smallest absolute Gasteiger partial charge is 0.230 e. The number of amides is 2. The summed E-state index contributed by atoms with van der Waals surface area (Å²) in [5.74, 6) is -0.970. The number of likely N-dealkylation sites (tertiary alicyclic amines) is 1. The van der Waals surface area contributed by atoms with E-state index in [2.05, 4.69) is 11.2 Å². The van der Waals surface area contributed by atoms with Gasteiger partial charge in [0, 0.05) is 38.4 Å². The lowest BCUT2D eigenvalue weighted by Gasteiger charge is -2.27. The molecule has 2 bridgehead atoms. The molecule has 0 saturated carbocycles. The lowest BCUT2D eigenvalue weighted by atomic mass is 9.76. The second-order valence-electron chi connectivity index (χ2n) is 8.98. The predicted octanol–water partition coefficient (Wildman–Crippen LogP) is 2.15. The Morgan fingerprint density at radius 2 is 2.19 bits per heavy atom. The fraction of sp³-hybridized carbons (Fsp3) is 0.458. The van der Waals surface area contributed by atoms with Gasteiger partial charge in [0.05, 0.1) is 30.7 Å². The van der Waals surface area contributed by atoms with Gasteiger partial charge in [-0.15, -0.1) is 0 Å². The molecule has 0 N–H and O–H groups in total. The van der Waals surface area contributed by atoms with E-state index in [9.17, 15) is 9.59 Å². The second-order valence-corrected chi connectivity index (χ2v) is 8.98. The minimum atomic E-state index is -0.681. The van der Waals surface area contributed by atoms with E-state index in [0.717, 1.165) is 17.7 Å². The van der Waals surface area contributed by atoms with E-state index in [4.69, 9.17) is 4.74 Å². The van der Waals surface area contributed by atoms with E-state index < -0.39 is 17.4 Å². The van der Waals surface area contributed by atoms with Crippen molar-refractivity contribution in [3.05, 3.63) is 65.5 Å². The Labute approximate surface area is 182 Å². The van der Waals surface area contributed by atoms with E-state index in [1.54, 1.807) is 18.1 Å². The van der Waals surface area contributed by atoms with Crippen molar-refractivity contribution >= 4 is 11.8 Å². The first kappa shape index (κ1) is 20.0. The van der Waals surface area contributed by atoms with Crippen LogP contribution in [0.3, 0.4) is 0 Å². The van der Waals surface area contributed by atoms with Crippen molar-refractivity contribution in [2.24, 2.45) is 11.8 Å². The molecule has 31 heavy (non-hydrogen) atoms. The number of nitrogens with zero attached hydrogens (tertiary/aromatic N) is 4. The van der Waals surface area contributed by atoms with Crippen molar-refractivity contribution < 1.29 is 14.3 Å². The van der Waals surface area contributed by atoms with Crippen LogP contribution in [0, 0.1) is 18.8 Å². The van der Waals surface area contributed by atoms with Crippen LogP contribution in [-0.2, 0) is 34.0 Å². The van der Waals surface area contributed by atoms with Crippen LogP contribution in [-0.4, -0.2) is 56.7 Å². The van der Waals surface area contributed by atoms with Crippen molar-refractivity contribution in [1.82, 2.24) is 19.6 Å². The van der Waals surface area contributed by atoms with Gasteiger partial charge in [0.25, 0.3) is 0 Å². The summed E-state index contributed by atoms with van der Waals surface area (Å²) in [6.07, 6.45) is 7.38. The molecule has 3 aliphatic heterocycles. The quantitative estimate of drug-likeness (QED) is 0.672. The third-order valence-corrected chi connectivity index (χ3v) is 6.73. The Kier molecular flexibility index (Phi) is 4.73. The summed E-state index contributed by atoms with van der Waals surface area (Å²) < 4.78 is 8.11. The summed E-state index contributed by atoms with van der Waals surface area (Å²) in [5, 5.41) is 4.28. The molecule has 1 aromatic carbocycles. The lowest BCUT2D eigenvalue weighted by Crippen LogP contribution is -2.44. The van der Waals surface area contributed by atoms with E-state index >= 15 is 0 Å². The van der Waals surface area contributed by atoms with Gasteiger partial charge < -0.3 is 14.5 Å². The monoisotopic (exact) mass is 420 g/mol. The van der Waals surface area contributed by atoms with Gasteiger partial charge >= 0.3 is 0 Å². The third-order valence-electron chi connectivity index (χ3n) is 6.73. The van der Waals surface area contributed by atoms with Crippen molar-refractivity contribution in [2.45, 2.75) is 45.2 Å². The highest BCUT2D eigenvalue weighted by Crippen LogP contribution is 2.52. The number of aromatic nitrogens is 2. The molecule has 2 amide bonds. The van der Waals surface area contributed by atoms with Gasteiger partial charge in [-0.3, -0.25) is 14.3 Å². The first-order valence-electron chi connectivity index (χ1n) is 10.9. The SMILES string of the molecule is CCn1cc(CN(C)C(=O)C2C3C(=O)N(Cc4cccc(C)c4)C[C@]34C=C[C@H]2O4)cn1. The number of aryl methyl sites for hydroxylation is 2. The summed E-state index contributed by atoms with van der Waals surface area (Å²) in [4.78, 5) is 30.4. The first-order chi connectivity index (χ1) is 14.9. The van der Waals surface area contributed by atoms with Crippen LogP contribution < -0.4 is 0 Å². The van der Waals surface area contributed by atoms with Crippen LogP contribution in [0.2, 0.25) is 0 Å². The minimum absolute atomic E-state index is 0.0129. The molecule has 2 aromatic rings. The molecule has 3 aliphatic rings. The molecule has 0 radical (unpaired) electrons. The molecule has 2 fully saturated rings. The third kappa shape index (κ3) is 3.28. The minimum Gasteiger partial charge on any atom is -0.360 e. The fourth-order valence-electron chi connectivity index (χ4n) is 5.29. The molecule has 5 rings (SSSR count). The molecule has 1 spiro atoms. The van der Waals surface area contributed by atoms with Crippen LogP contribution in [0.25, 0.3) is 0 Å². The van der Waals surface area contributed by atoms with E-state index in [0.29, 0.717) is 19.6 Å². The summed E-state index contributed by atoms with van der Waals surface area (Å²) >= 11 is 0. The van der Waals surface area contributed by atoms with Gasteiger partial charge in [0.1, 0.15) is 5.60 Å². The molecule has 7 nitrogen and oxygen atoms in total. The number of hydrogen-bond acceptors (Lipinski definition) is 4. The van der Waals surface area contributed by atoms with Crippen LogP contribution >= 0.6 is 0 Å². The number of carbonyl (C=O) groups excluding carboxylic acids is 2. The highest BCUT2D eigenvalue weighted by atomic mass is 16.5. The van der Waals surface area contributed by atoms with E-state index in [1.165, 1.54) is 5.56 Å². The molecule has 2 saturated heterocycles. The summed E-state index contributed by atoms with van der Waals surface area (Å²) in [5.41, 5.74) is 2.56. The zero-order chi connectivity index (χ0) is 21.8. The first-order valence-corrected chi connectivity index (χ1v) is 10.9. The highest BCUT2D eigenvalue weighted by molar-refractivity contribution is 5.93. The van der Waals surface area contributed by atoms with Crippen LogP contribution in [0.15, 0.2) is 48.8 Å². The standard InChI is InChI=1S/C24H28N4O3/c1-4-28-14-18(11-25-28)12-26(3)22(29)20-19-8-9-24(31-19)15-27(23(30)21(20)24)13-17-7-5-6-16(2)10-17/h5-11,14,19-21H,4,12-13,15H2,1-3H3/t19-,20?,21?,24-/m1/s1. The molecule has 4 heterocycles. The van der Waals surface area contributed by atoms with Crippen molar-refractivity contribution in [1.29, 1.82) is 0 Å². The van der Waals surface area contributed by atoms with Gasteiger partial charge in [-0.05, 0) is 19.4 Å². The van der Waals surface area contributed by atoms with Gasteiger partial charge in [-0.1, -0.05) is 42.0 Å². The summed E-state index contributed by atoms with van der Waals surface area (Å²) in [6, 6.07) is 8.19. The molecule has 0 aliphatic carbocycles. The van der Waals surface area contributed by atoms with Crippen LogP contribution in [0.5, 0.6) is 0 Å². The number of ether oxygens (including phenoxy) is 1. The predicted molar refractivity (Wildman–Crippen MR) is 115 cm³/mol. The molecule has 1 aromatic heterocycles. The molecular formula is C24H28N4O3. The van der Waals surface area contributed by atoms with Crippen LogP contribution in [0.4, 0.5) is 0 Å². The lowest BCUT2D eigenvalue weighted by molar-refractivity contribution is -0.142. The molecule has 2 unspecified atom stereocenters. The Morgan fingerprint density at radius 1 is 1.35 bits per heavy atom. The Balaban J connectivity index is 1.34. The largest absolute Gasteiger partial charge is 0.360 e. The van der Waals surface area contributed by atoms with Gasteiger partial charge in [0.2, 0.25) is 11.8 Å². The van der Waals surface area contributed by atoms with Gasteiger partial charge in [-0.25, -0.2) is 0 Å². The summed E-state index contributed by atoms with van der Waals surface area (Å²) in [6.45, 7) is 6.36. The van der Waals surface area contributed by atoms with Gasteiger partial charge in [-0.2, -0.15) is 5.10 Å². The number of fused-ring (bicyclic) bond motifs is 1. The van der Waals surface area contributed by atoms with Crippen molar-refractivity contribution in [3.8, 4) is 0 Å². The zero-order valence-electron chi connectivity index (χ0n) is 18.2. The maximum Gasteiger partial charge on any atom is 0.230 e. The number of benzene rings is 1. The Morgan fingerprint density at radius 3 is 2.94 bits per heavy atom. The fourth-order valence-corrected chi connectivity index (χ4v) is 5.29. The highest BCUT2D eigenvalue weighted by Gasteiger charge is 2.67. The topological polar surface area (TPSA) is 67.7 Å².